The van der Waals surface area contributed by atoms with Crippen molar-refractivity contribution in [2.75, 3.05) is 19.6 Å². The predicted molar refractivity (Wildman–Crippen MR) is 99.1 cm³/mol. The summed E-state index contributed by atoms with van der Waals surface area (Å²) >= 11 is 0. The largest absolute Gasteiger partial charge is 0.416 e. The van der Waals surface area contributed by atoms with Crippen LogP contribution in [0.15, 0.2) is 23.2 Å². The Kier molecular flexibility index (Phi) is 5.30. The zero-order valence-electron chi connectivity index (χ0n) is 16.1. The molecule has 3 heterocycles. The topological polar surface area (TPSA) is 61.4 Å². The summed E-state index contributed by atoms with van der Waals surface area (Å²) in [6, 6.07) is 1.69. The van der Waals surface area contributed by atoms with Gasteiger partial charge >= 0.3 is 12.4 Å². The number of halogens is 6. The van der Waals surface area contributed by atoms with Crippen molar-refractivity contribution in [2.24, 2.45) is 4.99 Å². The van der Waals surface area contributed by atoms with Crippen molar-refractivity contribution in [3.63, 3.8) is 0 Å². The maximum atomic E-state index is 13.1. The fourth-order valence-corrected chi connectivity index (χ4v) is 4.03. The number of piperidine rings is 1. The molecular weight excluding hydrogens is 426 g/mol. The van der Waals surface area contributed by atoms with Crippen molar-refractivity contribution < 1.29 is 31.1 Å². The van der Waals surface area contributed by atoms with E-state index in [1.165, 1.54) is 4.90 Å². The number of amides is 1. The van der Waals surface area contributed by atoms with Crippen molar-refractivity contribution >= 4 is 12.1 Å². The lowest BCUT2D eigenvalue weighted by molar-refractivity contribution is -0.143. The van der Waals surface area contributed by atoms with E-state index >= 15 is 0 Å². The third-order valence-electron chi connectivity index (χ3n) is 5.68. The average Bonchev–Trinajstić information content (AvgIpc) is 3.16. The molecule has 2 aromatic rings. The molecule has 4 rings (SSSR count). The molecule has 0 aliphatic carbocycles. The molecule has 1 aromatic carbocycles. The predicted octanol–water partition coefficient (Wildman–Crippen LogP) is 4.44. The molecule has 0 saturated carbocycles. The number of nitrogens with zero attached hydrogens (tertiary/aromatic N) is 3. The first-order chi connectivity index (χ1) is 14.5. The van der Waals surface area contributed by atoms with Crippen LogP contribution in [0.5, 0.6) is 0 Å². The SMILES string of the molecule is O=C(c1n[nH]c2c1CCN=C2)N1CCC(c2cc(C(F)(F)F)cc(C(F)(F)F)c2)CC1. The number of nitrogens with one attached hydrogen (secondary N) is 1. The minimum absolute atomic E-state index is 0.0115. The highest BCUT2D eigenvalue weighted by molar-refractivity contribution is 5.96. The van der Waals surface area contributed by atoms with Crippen molar-refractivity contribution in [3.8, 4) is 0 Å². The first-order valence-electron chi connectivity index (χ1n) is 9.70. The summed E-state index contributed by atoms with van der Waals surface area (Å²) in [5.41, 5.74) is -0.912. The zero-order valence-corrected chi connectivity index (χ0v) is 16.1. The quantitative estimate of drug-likeness (QED) is 0.697. The number of likely N-dealkylation sites (tertiary alicyclic amines) is 1. The lowest BCUT2D eigenvalue weighted by Crippen LogP contribution is -2.38. The van der Waals surface area contributed by atoms with Gasteiger partial charge in [-0.2, -0.15) is 31.4 Å². The molecule has 1 fully saturated rings. The van der Waals surface area contributed by atoms with Gasteiger partial charge in [0.1, 0.15) is 0 Å². The Balaban J connectivity index is 1.52. The molecule has 1 N–H and O–H groups in total. The number of rotatable bonds is 2. The number of alkyl halides is 6. The van der Waals surface area contributed by atoms with Crippen LogP contribution in [0.3, 0.4) is 0 Å². The van der Waals surface area contributed by atoms with Crippen molar-refractivity contribution in [3.05, 3.63) is 51.8 Å². The van der Waals surface area contributed by atoms with Crippen LogP contribution in [0.2, 0.25) is 0 Å². The minimum atomic E-state index is -4.88. The summed E-state index contributed by atoms with van der Waals surface area (Å²) in [7, 11) is 0. The number of aromatic amines is 1. The summed E-state index contributed by atoms with van der Waals surface area (Å²) in [5.74, 6) is -0.807. The van der Waals surface area contributed by atoms with E-state index in [-0.39, 0.29) is 49.2 Å². The molecule has 31 heavy (non-hydrogen) atoms. The Bertz CT molecular complexity index is 983. The van der Waals surface area contributed by atoms with E-state index in [1.807, 2.05) is 0 Å². The number of benzene rings is 1. The first-order valence-corrected chi connectivity index (χ1v) is 9.70. The maximum absolute atomic E-state index is 13.1. The molecule has 2 aliphatic heterocycles. The monoisotopic (exact) mass is 444 g/mol. The van der Waals surface area contributed by atoms with Gasteiger partial charge in [-0.15, -0.1) is 0 Å². The Morgan fingerprint density at radius 1 is 1.00 bits per heavy atom. The summed E-state index contributed by atoms with van der Waals surface area (Å²) in [5, 5.41) is 6.83. The van der Waals surface area contributed by atoms with E-state index in [0.717, 1.165) is 17.7 Å². The number of hydrogen-bond donors (Lipinski definition) is 1. The van der Waals surface area contributed by atoms with Crippen LogP contribution in [0, 0.1) is 0 Å². The first kappa shape index (κ1) is 21.4. The van der Waals surface area contributed by atoms with Gasteiger partial charge in [0.25, 0.3) is 5.91 Å². The Morgan fingerprint density at radius 3 is 2.19 bits per heavy atom. The van der Waals surface area contributed by atoms with Gasteiger partial charge in [-0.25, -0.2) is 0 Å². The maximum Gasteiger partial charge on any atom is 0.416 e. The summed E-state index contributed by atoms with van der Waals surface area (Å²) < 4.78 is 78.8. The summed E-state index contributed by atoms with van der Waals surface area (Å²) in [6.45, 7) is 0.986. The highest BCUT2D eigenvalue weighted by Crippen LogP contribution is 2.39. The number of H-pyrrole nitrogens is 1. The number of carbonyl (C=O) groups is 1. The molecular formula is C20H18F6N4O. The zero-order chi connectivity index (χ0) is 22.4. The molecule has 166 valence electrons. The fourth-order valence-electron chi connectivity index (χ4n) is 4.03. The van der Waals surface area contributed by atoms with E-state index in [4.69, 9.17) is 0 Å². The van der Waals surface area contributed by atoms with Crippen LogP contribution >= 0.6 is 0 Å². The number of hydrogen-bond acceptors (Lipinski definition) is 3. The van der Waals surface area contributed by atoms with Crippen LogP contribution in [-0.4, -0.2) is 46.9 Å². The Labute approximate surface area is 173 Å². The number of aliphatic imine (C=N–C) groups is 1. The van der Waals surface area contributed by atoms with Gasteiger partial charge in [0.05, 0.1) is 16.8 Å². The number of fused-ring (bicyclic) bond motifs is 1. The Hall–Kier alpha value is -2.85. The van der Waals surface area contributed by atoms with E-state index in [0.29, 0.717) is 18.7 Å². The second-order valence-corrected chi connectivity index (χ2v) is 7.66. The molecule has 0 unspecified atom stereocenters. The van der Waals surface area contributed by atoms with Gasteiger partial charge in [-0.3, -0.25) is 14.9 Å². The van der Waals surface area contributed by atoms with Gasteiger partial charge in [-0.1, -0.05) is 0 Å². The number of carbonyl (C=O) groups excluding carboxylic acids is 1. The van der Waals surface area contributed by atoms with Gasteiger partial charge in [-0.05, 0) is 48.9 Å². The molecule has 0 bridgehead atoms. The highest BCUT2D eigenvalue weighted by Gasteiger charge is 2.38. The normalized spacial score (nSPS) is 17.7. The third-order valence-corrected chi connectivity index (χ3v) is 5.68. The second kappa shape index (κ2) is 7.69. The minimum Gasteiger partial charge on any atom is -0.337 e. The van der Waals surface area contributed by atoms with E-state index in [1.54, 1.807) is 6.21 Å². The van der Waals surface area contributed by atoms with Crippen molar-refractivity contribution in [2.45, 2.75) is 37.5 Å². The van der Waals surface area contributed by atoms with Crippen LogP contribution < -0.4 is 0 Å². The van der Waals surface area contributed by atoms with Gasteiger partial charge in [0.2, 0.25) is 0 Å². The smallest absolute Gasteiger partial charge is 0.337 e. The molecule has 0 atom stereocenters. The molecule has 5 nitrogen and oxygen atoms in total. The lowest BCUT2D eigenvalue weighted by atomic mass is 9.87. The fraction of sp³-hybridized carbons (Fsp3) is 0.450. The molecule has 11 heteroatoms. The van der Waals surface area contributed by atoms with Crippen LogP contribution in [-0.2, 0) is 18.8 Å². The summed E-state index contributed by atoms with van der Waals surface area (Å²) in [6.07, 6.45) is -7.05. The van der Waals surface area contributed by atoms with E-state index in [9.17, 15) is 31.1 Å². The third kappa shape index (κ3) is 4.31. The van der Waals surface area contributed by atoms with E-state index < -0.39 is 29.4 Å². The van der Waals surface area contributed by atoms with Crippen LogP contribution in [0.25, 0.3) is 0 Å². The molecule has 0 spiro atoms. The summed E-state index contributed by atoms with van der Waals surface area (Å²) in [4.78, 5) is 18.5. The average molecular weight is 444 g/mol. The molecule has 2 aliphatic rings. The standard InChI is InChI=1S/C20H18F6N4O/c21-19(22,23)13-7-12(8-14(9-13)20(24,25)26)11-2-5-30(6-3-11)18(31)17-15-1-4-27-10-16(15)28-29-17/h7-11H,1-6H2,(H,28,29). The number of aromatic nitrogens is 2. The van der Waals surface area contributed by atoms with Crippen molar-refractivity contribution in [1.29, 1.82) is 0 Å². The van der Waals surface area contributed by atoms with Gasteiger partial charge in [0.15, 0.2) is 5.69 Å². The molecule has 1 amide bonds. The second-order valence-electron chi connectivity index (χ2n) is 7.66. The Morgan fingerprint density at radius 2 is 1.61 bits per heavy atom. The van der Waals surface area contributed by atoms with Crippen LogP contribution in [0.1, 0.15) is 57.2 Å². The van der Waals surface area contributed by atoms with Crippen LogP contribution in [0.4, 0.5) is 26.3 Å². The van der Waals surface area contributed by atoms with Gasteiger partial charge in [0, 0.05) is 31.4 Å². The van der Waals surface area contributed by atoms with E-state index in [2.05, 4.69) is 15.2 Å². The molecule has 1 saturated heterocycles. The molecule has 0 radical (unpaired) electrons. The highest BCUT2D eigenvalue weighted by atomic mass is 19.4. The lowest BCUT2D eigenvalue weighted by Gasteiger charge is -2.32. The molecule has 1 aromatic heterocycles. The van der Waals surface area contributed by atoms with Gasteiger partial charge < -0.3 is 4.90 Å². The van der Waals surface area contributed by atoms with Crippen molar-refractivity contribution in [1.82, 2.24) is 15.1 Å².